The Hall–Kier alpha value is -2.48. The maximum atomic E-state index is 9.27. The fraction of sp³-hybridized carbons (Fsp3) is 0.333. The third-order valence-corrected chi connectivity index (χ3v) is 3.50. The van der Waals surface area contributed by atoms with Crippen LogP contribution in [0.25, 0.3) is 0 Å². The molecule has 0 aliphatic carbocycles. The third kappa shape index (κ3) is 2.45. The maximum Gasteiger partial charge on any atom is 0.170 e. The molecular weight excluding hydrogens is 250 g/mol. The van der Waals surface area contributed by atoms with Crippen molar-refractivity contribution >= 4 is 11.6 Å². The van der Waals surface area contributed by atoms with Crippen molar-refractivity contribution in [2.75, 3.05) is 24.2 Å². The summed E-state index contributed by atoms with van der Waals surface area (Å²) in [5.41, 5.74) is 8.84. The Morgan fingerprint density at radius 2 is 2.10 bits per heavy atom. The van der Waals surface area contributed by atoms with Gasteiger partial charge in [0, 0.05) is 13.6 Å². The summed E-state index contributed by atoms with van der Waals surface area (Å²) in [5, 5.41) is 13.8. The van der Waals surface area contributed by atoms with Gasteiger partial charge in [0.05, 0.1) is 6.54 Å². The van der Waals surface area contributed by atoms with E-state index < -0.39 is 0 Å². The SMILES string of the molecule is CCN(C)c1nn(Cc2ccccc2C)c(N)c1C#N. The summed E-state index contributed by atoms with van der Waals surface area (Å²) < 4.78 is 1.70. The minimum atomic E-state index is 0.422. The molecule has 2 N–H and O–H groups in total. The lowest BCUT2D eigenvalue weighted by atomic mass is 10.1. The Morgan fingerprint density at radius 1 is 1.40 bits per heavy atom. The smallest absolute Gasteiger partial charge is 0.170 e. The lowest BCUT2D eigenvalue weighted by Gasteiger charge is -2.12. The minimum absolute atomic E-state index is 0.422. The lowest BCUT2D eigenvalue weighted by molar-refractivity contribution is 0.689. The van der Waals surface area contributed by atoms with Crippen LogP contribution in [0, 0.1) is 18.3 Å². The molecule has 0 fully saturated rings. The molecule has 1 aromatic heterocycles. The van der Waals surface area contributed by atoms with Crippen LogP contribution in [0.5, 0.6) is 0 Å². The highest BCUT2D eigenvalue weighted by Crippen LogP contribution is 2.24. The molecule has 0 bridgehead atoms. The molecule has 0 aliphatic rings. The van der Waals surface area contributed by atoms with Gasteiger partial charge < -0.3 is 10.6 Å². The number of anilines is 2. The van der Waals surface area contributed by atoms with Crippen LogP contribution in [-0.4, -0.2) is 23.4 Å². The number of nitrogen functional groups attached to an aromatic ring is 1. The molecule has 0 saturated heterocycles. The number of aryl methyl sites for hydroxylation is 1. The van der Waals surface area contributed by atoms with Crippen LogP contribution in [0.4, 0.5) is 11.6 Å². The van der Waals surface area contributed by atoms with E-state index in [4.69, 9.17) is 5.73 Å². The molecule has 20 heavy (non-hydrogen) atoms. The van der Waals surface area contributed by atoms with Gasteiger partial charge in [0.25, 0.3) is 0 Å². The predicted octanol–water partition coefficient (Wildman–Crippen LogP) is 2.15. The zero-order chi connectivity index (χ0) is 14.7. The quantitative estimate of drug-likeness (QED) is 0.923. The highest BCUT2D eigenvalue weighted by atomic mass is 15.4. The van der Waals surface area contributed by atoms with E-state index in [1.807, 2.05) is 37.1 Å². The van der Waals surface area contributed by atoms with Gasteiger partial charge in [0.15, 0.2) is 5.82 Å². The topological polar surface area (TPSA) is 70.9 Å². The number of rotatable bonds is 4. The first kappa shape index (κ1) is 13.9. The van der Waals surface area contributed by atoms with Crippen molar-refractivity contribution in [2.45, 2.75) is 20.4 Å². The molecule has 0 aliphatic heterocycles. The van der Waals surface area contributed by atoms with Gasteiger partial charge in [-0.3, -0.25) is 0 Å². The number of hydrogen-bond acceptors (Lipinski definition) is 4. The van der Waals surface area contributed by atoms with Crippen LogP contribution < -0.4 is 10.6 Å². The summed E-state index contributed by atoms with van der Waals surface area (Å²) in [6.45, 7) is 5.41. The highest BCUT2D eigenvalue weighted by Gasteiger charge is 2.18. The Labute approximate surface area is 119 Å². The first-order valence-corrected chi connectivity index (χ1v) is 6.60. The molecule has 5 nitrogen and oxygen atoms in total. The summed E-state index contributed by atoms with van der Waals surface area (Å²) in [4.78, 5) is 1.92. The van der Waals surface area contributed by atoms with Crippen LogP contribution in [-0.2, 0) is 6.54 Å². The van der Waals surface area contributed by atoms with Crippen molar-refractivity contribution in [3.63, 3.8) is 0 Å². The number of benzene rings is 1. The van der Waals surface area contributed by atoms with E-state index in [2.05, 4.69) is 24.2 Å². The molecule has 1 aromatic carbocycles. The molecule has 2 aromatic rings. The fourth-order valence-corrected chi connectivity index (χ4v) is 2.06. The van der Waals surface area contributed by atoms with Crippen molar-refractivity contribution in [2.24, 2.45) is 0 Å². The van der Waals surface area contributed by atoms with E-state index in [-0.39, 0.29) is 0 Å². The third-order valence-electron chi connectivity index (χ3n) is 3.50. The Morgan fingerprint density at radius 3 is 2.70 bits per heavy atom. The summed E-state index contributed by atoms with van der Waals surface area (Å²) in [6.07, 6.45) is 0. The summed E-state index contributed by atoms with van der Waals surface area (Å²) >= 11 is 0. The van der Waals surface area contributed by atoms with Gasteiger partial charge in [-0.15, -0.1) is 0 Å². The van der Waals surface area contributed by atoms with Gasteiger partial charge in [-0.25, -0.2) is 4.68 Å². The zero-order valence-electron chi connectivity index (χ0n) is 12.1. The number of nitriles is 1. The van der Waals surface area contributed by atoms with Gasteiger partial charge >= 0.3 is 0 Å². The Kier molecular flexibility index (Phi) is 3.94. The van der Waals surface area contributed by atoms with Crippen molar-refractivity contribution in [1.29, 1.82) is 5.26 Å². The van der Waals surface area contributed by atoms with Crippen molar-refractivity contribution in [3.05, 3.63) is 41.0 Å². The second-order valence-electron chi connectivity index (χ2n) is 4.79. The average Bonchev–Trinajstić information content (AvgIpc) is 2.77. The molecule has 5 heteroatoms. The molecule has 2 rings (SSSR count). The van der Waals surface area contributed by atoms with Gasteiger partial charge in [-0.1, -0.05) is 24.3 Å². The molecule has 0 atom stereocenters. The van der Waals surface area contributed by atoms with Crippen LogP contribution in [0.1, 0.15) is 23.6 Å². The van der Waals surface area contributed by atoms with Crippen molar-refractivity contribution in [1.82, 2.24) is 9.78 Å². The maximum absolute atomic E-state index is 9.27. The second-order valence-corrected chi connectivity index (χ2v) is 4.79. The standard InChI is InChI=1S/C15H19N5/c1-4-19(3)15-13(9-16)14(17)20(18-15)10-12-8-6-5-7-11(12)2/h5-8H,4,10,17H2,1-3H3. The molecule has 0 radical (unpaired) electrons. The summed E-state index contributed by atoms with van der Waals surface area (Å²) in [6, 6.07) is 10.2. The Bertz CT molecular complexity index is 651. The van der Waals surface area contributed by atoms with Crippen molar-refractivity contribution < 1.29 is 0 Å². The Balaban J connectivity index is 2.41. The number of nitrogens with two attached hydrogens (primary N) is 1. The molecule has 0 saturated carbocycles. The van der Waals surface area contributed by atoms with Crippen molar-refractivity contribution in [3.8, 4) is 6.07 Å². The monoisotopic (exact) mass is 269 g/mol. The highest BCUT2D eigenvalue weighted by molar-refractivity contribution is 5.64. The minimum Gasteiger partial charge on any atom is -0.383 e. The lowest BCUT2D eigenvalue weighted by Crippen LogP contribution is -2.17. The second kappa shape index (κ2) is 5.66. The predicted molar refractivity (Wildman–Crippen MR) is 80.6 cm³/mol. The molecule has 0 amide bonds. The summed E-state index contributed by atoms with van der Waals surface area (Å²) in [7, 11) is 1.90. The van der Waals surface area contributed by atoms with E-state index in [0.29, 0.717) is 23.7 Å². The van der Waals surface area contributed by atoms with Crippen LogP contribution in [0.15, 0.2) is 24.3 Å². The zero-order valence-corrected chi connectivity index (χ0v) is 12.1. The number of aromatic nitrogens is 2. The van der Waals surface area contributed by atoms with E-state index in [1.54, 1.807) is 4.68 Å². The van der Waals surface area contributed by atoms with E-state index in [1.165, 1.54) is 5.56 Å². The van der Waals surface area contributed by atoms with E-state index >= 15 is 0 Å². The normalized spacial score (nSPS) is 10.3. The fourth-order valence-electron chi connectivity index (χ4n) is 2.06. The first-order valence-electron chi connectivity index (χ1n) is 6.60. The number of hydrogen-bond donors (Lipinski definition) is 1. The van der Waals surface area contributed by atoms with Gasteiger partial charge in [-0.05, 0) is 25.0 Å². The molecule has 1 heterocycles. The first-order chi connectivity index (χ1) is 9.58. The van der Waals surface area contributed by atoms with Crippen LogP contribution in [0.3, 0.4) is 0 Å². The van der Waals surface area contributed by atoms with Crippen LogP contribution >= 0.6 is 0 Å². The van der Waals surface area contributed by atoms with E-state index in [9.17, 15) is 5.26 Å². The van der Waals surface area contributed by atoms with E-state index in [0.717, 1.165) is 12.1 Å². The van der Waals surface area contributed by atoms with Gasteiger partial charge in [-0.2, -0.15) is 10.4 Å². The molecule has 104 valence electrons. The molecular formula is C15H19N5. The van der Waals surface area contributed by atoms with Crippen LogP contribution in [0.2, 0.25) is 0 Å². The average molecular weight is 269 g/mol. The van der Waals surface area contributed by atoms with Gasteiger partial charge in [0.1, 0.15) is 17.5 Å². The van der Waals surface area contributed by atoms with Gasteiger partial charge in [0.2, 0.25) is 0 Å². The largest absolute Gasteiger partial charge is 0.383 e. The number of nitrogens with zero attached hydrogens (tertiary/aromatic N) is 4. The molecule has 0 unspecified atom stereocenters. The molecule has 0 spiro atoms. The summed E-state index contributed by atoms with van der Waals surface area (Å²) in [5.74, 6) is 1.06.